The van der Waals surface area contributed by atoms with E-state index in [1.807, 2.05) is 6.07 Å². The van der Waals surface area contributed by atoms with Crippen molar-refractivity contribution in [3.63, 3.8) is 0 Å². The lowest BCUT2D eigenvalue weighted by Gasteiger charge is -2.24. The number of hydrogen-bond donors (Lipinski definition) is 1. The Morgan fingerprint density at radius 2 is 1.96 bits per heavy atom. The van der Waals surface area contributed by atoms with Gasteiger partial charge in [-0.3, -0.25) is 0 Å². The molecule has 0 bridgehead atoms. The number of hydrogen-bond acceptors (Lipinski definition) is 4. The third-order valence-corrected chi connectivity index (χ3v) is 6.49. The van der Waals surface area contributed by atoms with Crippen LogP contribution in [-0.2, 0) is 9.84 Å². The van der Waals surface area contributed by atoms with E-state index in [0.717, 1.165) is 25.1 Å². The van der Waals surface area contributed by atoms with Gasteiger partial charge in [0.25, 0.3) is 0 Å². The zero-order valence-corrected chi connectivity index (χ0v) is 13.9. The first-order valence-electron chi connectivity index (χ1n) is 7.58. The van der Waals surface area contributed by atoms with Gasteiger partial charge in [-0.05, 0) is 43.3 Å². The molecule has 2 aromatic rings. The summed E-state index contributed by atoms with van der Waals surface area (Å²) in [5.41, 5.74) is 1.11. The van der Waals surface area contributed by atoms with Crippen LogP contribution in [0, 0.1) is 0 Å². The molecule has 1 N–H and O–H groups in total. The summed E-state index contributed by atoms with van der Waals surface area (Å²) in [4.78, 5) is 0.437. The van der Waals surface area contributed by atoms with Gasteiger partial charge in [0.15, 0.2) is 0 Å². The van der Waals surface area contributed by atoms with Gasteiger partial charge in [-0.15, -0.1) is 0 Å². The molecule has 2 aliphatic rings. The maximum absolute atomic E-state index is 12.8. The summed E-state index contributed by atoms with van der Waals surface area (Å²) in [6.07, 6.45) is 1.11. The molecule has 2 aromatic carbocycles. The van der Waals surface area contributed by atoms with Crippen LogP contribution in [-0.4, -0.2) is 27.6 Å². The van der Waals surface area contributed by atoms with Gasteiger partial charge in [0.2, 0.25) is 9.84 Å². The molecule has 1 saturated heterocycles. The smallest absolute Gasteiger partial charge is 0.206 e. The normalized spacial score (nSPS) is 23.0. The van der Waals surface area contributed by atoms with Gasteiger partial charge in [0.1, 0.15) is 11.9 Å². The van der Waals surface area contributed by atoms with Crippen LogP contribution in [0.3, 0.4) is 0 Å². The Morgan fingerprint density at radius 3 is 2.78 bits per heavy atom. The van der Waals surface area contributed by atoms with Crippen molar-refractivity contribution in [2.75, 3.05) is 13.1 Å². The summed E-state index contributed by atoms with van der Waals surface area (Å²) in [5, 5.41) is 3.71. The van der Waals surface area contributed by atoms with Gasteiger partial charge < -0.3 is 10.1 Å². The zero-order chi connectivity index (χ0) is 16.0. The first-order valence-corrected chi connectivity index (χ1v) is 9.44. The lowest BCUT2D eigenvalue weighted by molar-refractivity contribution is 0.176. The Morgan fingerprint density at radius 1 is 1.13 bits per heavy atom. The second kappa shape index (κ2) is 5.51. The molecule has 0 spiro atoms. The number of sulfone groups is 1. The van der Waals surface area contributed by atoms with Crippen molar-refractivity contribution in [3.05, 3.63) is 53.1 Å². The highest BCUT2D eigenvalue weighted by Crippen LogP contribution is 2.42. The van der Waals surface area contributed by atoms with Crippen molar-refractivity contribution in [3.8, 4) is 5.75 Å². The predicted octanol–water partition coefficient (Wildman–Crippen LogP) is 3.01. The van der Waals surface area contributed by atoms with Gasteiger partial charge in [-0.25, -0.2) is 8.42 Å². The molecule has 0 radical (unpaired) electrons. The minimum atomic E-state index is -3.60. The SMILES string of the molecule is O=S(=O)(c1cccc(Cl)c1)c1ccc2c(c1)OC1CNCCC21. The fourth-order valence-electron chi connectivity index (χ4n) is 3.33. The first kappa shape index (κ1) is 15.0. The molecular formula is C17H16ClNO3S. The maximum Gasteiger partial charge on any atom is 0.206 e. The molecule has 23 heavy (non-hydrogen) atoms. The van der Waals surface area contributed by atoms with E-state index >= 15 is 0 Å². The van der Waals surface area contributed by atoms with E-state index in [2.05, 4.69) is 5.32 Å². The topological polar surface area (TPSA) is 55.4 Å². The van der Waals surface area contributed by atoms with Crippen molar-refractivity contribution in [2.24, 2.45) is 0 Å². The highest BCUT2D eigenvalue weighted by Gasteiger charge is 2.36. The van der Waals surface area contributed by atoms with Gasteiger partial charge in [-0.1, -0.05) is 23.7 Å². The number of fused-ring (bicyclic) bond motifs is 3. The van der Waals surface area contributed by atoms with Crippen LogP contribution in [0.4, 0.5) is 0 Å². The molecule has 0 amide bonds. The molecule has 0 aliphatic carbocycles. The average Bonchev–Trinajstić information content (AvgIpc) is 2.92. The van der Waals surface area contributed by atoms with E-state index < -0.39 is 9.84 Å². The maximum atomic E-state index is 12.8. The first-order chi connectivity index (χ1) is 11.1. The van der Waals surface area contributed by atoms with Gasteiger partial charge >= 0.3 is 0 Å². The molecule has 4 rings (SSSR count). The predicted molar refractivity (Wildman–Crippen MR) is 88.0 cm³/mol. The monoisotopic (exact) mass is 349 g/mol. The molecule has 6 heteroatoms. The van der Waals surface area contributed by atoms with Crippen molar-refractivity contribution < 1.29 is 13.2 Å². The van der Waals surface area contributed by atoms with Crippen LogP contribution in [0.15, 0.2) is 52.3 Å². The van der Waals surface area contributed by atoms with Crippen molar-refractivity contribution >= 4 is 21.4 Å². The van der Waals surface area contributed by atoms with Crippen LogP contribution in [0.1, 0.15) is 17.9 Å². The highest BCUT2D eigenvalue weighted by atomic mass is 35.5. The molecular weight excluding hydrogens is 334 g/mol. The molecule has 1 fully saturated rings. The van der Waals surface area contributed by atoms with Crippen molar-refractivity contribution in [1.29, 1.82) is 0 Å². The van der Waals surface area contributed by atoms with Crippen LogP contribution in [0.2, 0.25) is 5.02 Å². The second-order valence-electron chi connectivity index (χ2n) is 5.92. The van der Waals surface area contributed by atoms with Crippen molar-refractivity contribution in [1.82, 2.24) is 5.32 Å². The molecule has 2 heterocycles. The third-order valence-electron chi connectivity index (χ3n) is 4.51. The largest absolute Gasteiger partial charge is 0.488 e. The van der Waals surface area contributed by atoms with Crippen LogP contribution >= 0.6 is 11.6 Å². The Labute approximate surface area is 140 Å². The fourth-order valence-corrected chi connectivity index (χ4v) is 4.91. The lowest BCUT2D eigenvalue weighted by atomic mass is 9.90. The summed E-state index contributed by atoms with van der Waals surface area (Å²) >= 11 is 5.92. The number of nitrogens with one attached hydrogen (secondary N) is 1. The van der Waals surface area contributed by atoms with E-state index in [1.165, 1.54) is 6.07 Å². The quantitative estimate of drug-likeness (QED) is 0.905. The molecule has 4 nitrogen and oxygen atoms in total. The molecule has 2 atom stereocenters. The molecule has 120 valence electrons. The third kappa shape index (κ3) is 2.53. The number of rotatable bonds is 2. The number of ether oxygens (including phenoxy) is 1. The summed E-state index contributed by atoms with van der Waals surface area (Å²) < 4.78 is 31.5. The minimum Gasteiger partial charge on any atom is -0.488 e. The van der Waals surface area contributed by atoms with E-state index in [-0.39, 0.29) is 15.9 Å². The van der Waals surface area contributed by atoms with E-state index in [0.29, 0.717) is 16.7 Å². The second-order valence-corrected chi connectivity index (χ2v) is 8.30. The Kier molecular flexibility index (Phi) is 3.59. The standard InChI is InChI=1S/C17H16ClNO3S/c18-11-2-1-3-12(8-11)23(20,21)13-4-5-14-15-6-7-19-10-17(15)22-16(14)9-13/h1-5,8-9,15,17,19H,6-7,10H2. The van der Waals surface area contributed by atoms with Gasteiger partial charge in [-0.2, -0.15) is 0 Å². The minimum absolute atomic E-state index is 0.0999. The Balaban J connectivity index is 1.74. The van der Waals surface area contributed by atoms with Gasteiger partial charge in [0.05, 0.1) is 9.79 Å². The van der Waals surface area contributed by atoms with Crippen LogP contribution in [0.5, 0.6) is 5.75 Å². The van der Waals surface area contributed by atoms with Crippen molar-refractivity contribution in [2.45, 2.75) is 28.2 Å². The molecule has 2 aliphatic heterocycles. The average molecular weight is 350 g/mol. The molecule has 0 saturated carbocycles. The summed E-state index contributed by atoms with van der Waals surface area (Å²) in [7, 11) is -3.60. The number of halogens is 1. The zero-order valence-electron chi connectivity index (χ0n) is 12.3. The fraction of sp³-hybridized carbons (Fsp3) is 0.294. The van der Waals surface area contributed by atoms with E-state index in [1.54, 1.807) is 30.3 Å². The number of benzene rings is 2. The van der Waals surface area contributed by atoms with Crippen LogP contribution < -0.4 is 10.1 Å². The summed E-state index contributed by atoms with van der Waals surface area (Å²) in [5.74, 6) is 1.04. The summed E-state index contributed by atoms with van der Waals surface area (Å²) in [6, 6.07) is 11.5. The summed E-state index contributed by atoms with van der Waals surface area (Å²) in [6.45, 7) is 1.77. The Hall–Kier alpha value is -1.56. The Bertz CT molecular complexity index is 866. The molecule has 2 unspecified atom stereocenters. The van der Waals surface area contributed by atoms with E-state index in [9.17, 15) is 8.42 Å². The van der Waals surface area contributed by atoms with E-state index in [4.69, 9.17) is 16.3 Å². The highest BCUT2D eigenvalue weighted by molar-refractivity contribution is 7.91. The van der Waals surface area contributed by atoms with Gasteiger partial charge in [0, 0.05) is 23.0 Å². The van der Waals surface area contributed by atoms with Crippen LogP contribution in [0.25, 0.3) is 0 Å². The number of piperidine rings is 1. The lowest BCUT2D eigenvalue weighted by Crippen LogP contribution is -2.39. The molecule has 0 aromatic heterocycles.